The fourth-order valence-electron chi connectivity index (χ4n) is 1.88. The number of hydrazine groups is 1. The van der Waals surface area contributed by atoms with Crippen LogP contribution in [0.3, 0.4) is 0 Å². The van der Waals surface area contributed by atoms with Gasteiger partial charge in [0.15, 0.2) is 0 Å². The molecular weight excluding hydrogens is 242 g/mol. The average molecular weight is 261 g/mol. The van der Waals surface area contributed by atoms with Gasteiger partial charge in [-0.2, -0.15) is 4.98 Å². The predicted molar refractivity (Wildman–Crippen MR) is 76.8 cm³/mol. The molecular formula is C13H19N5O. The molecule has 2 aromatic rings. The number of anilines is 2. The number of benzene rings is 1. The van der Waals surface area contributed by atoms with Crippen LogP contribution < -0.4 is 16.6 Å². The number of aliphatic hydroxyl groups is 1. The number of nitrogens with two attached hydrogens (primary N) is 1. The number of aromatic nitrogens is 2. The zero-order chi connectivity index (χ0) is 13.7. The Morgan fingerprint density at radius 3 is 2.84 bits per heavy atom. The van der Waals surface area contributed by atoms with Crippen molar-refractivity contribution in [3.63, 3.8) is 0 Å². The standard InChI is InChI=1S/C13H19N5O/c1-9(19)5-4-8-15-12-10-6-2-3-7-11(10)16-13(17-12)18-14/h2-3,6-7,9,19H,4-5,8,14H2,1H3,(H2,15,16,17,18). The van der Waals surface area contributed by atoms with Crippen LogP contribution in [0.4, 0.5) is 11.8 Å². The molecule has 5 N–H and O–H groups in total. The van der Waals surface area contributed by atoms with Gasteiger partial charge < -0.3 is 10.4 Å². The van der Waals surface area contributed by atoms with Crippen molar-refractivity contribution in [2.75, 3.05) is 17.3 Å². The van der Waals surface area contributed by atoms with Crippen molar-refractivity contribution < 1.29 is 5.11 Å². The first-order chi connectivity index (χ1) is 9.20. The third-order valence-electron chi connectivity index (χ3n) is 2.82. The van der Waals surface area contributed by atoms with Crippen LogP contribution in [0.15, 0.2) is 24.3 Å². The molecule has 1 aromatic heterocycles. The van der Waals surface area contributed by atoms with Crippen LogP contribution in [0.5, 0.6) is 0 Å². The van der Waals surface area contributed by atoms with E-state index in [0.717, 1.165) is 36.1 Å². The Morgan fingerprint density at radius 2 is 2.11 bits per heavy atom. The predicted octanol–water partition coefficient (Wildman–Crippen LogP) is 1.49. The Kier molecular flexibility index (Phi) is 4.48. The van der Waals surface area contributed by atoms with Gasteiger partial charge in [0.05, 0.1) is 11.6 Å². The van der Waals surface area contributed by atoms with Crippen molar-refractivity contribution in [1.29, 1.82) is 0 Å². The molecule has 0 aliphatic rings. The van der Waals surface area contributed by atoms with E-state index in [9.17, 15) is 5.11 Å². The molecule has 19 heavy (non-hydrogen) atoms. The zero-order valence-corrected chi connectivity index (χ0v) is 10.9. The lowest BCUT2D eigenvalue weighted by Gasteiger charge is -2.10. The minimum Gasteiger partial charge on any atom is -0.393 e. The fraction of sp³-hybridized carbons (Fsp3) is 0.385. The largest absolute Gasteiger partial charge is 0.393 e. The zero-order valence-electron chi connectivity index (χ0n) is 10.9. The van der Waals surface area contributed by atoms with E-state index in [1.165, 1.54) is 0 Å². The molecule has 0 radical (unpaired) electrons. The number of aliphatic hydroxyl groups excluding tert-OH is 1. The maximum absolute atomic E-state index is 9.22. The molecule has 0 aliphatic carbocycles. The van der Waals surface area contributed by atoms with Crippen LogP contribution in [0.2, 0.25) is 0 Å². The van der Waals surface area contributed by atoms with E-state index in [2.05, 4.69) is 20.7 Å². The molecule has 0 spiro atoms. The van der Waals surface area contributed by atoms with Gasteiger partial charge in [0.2, 0.25) is 5.95 Å². The van der Waals surface area contributed by atoms with Crippen molar-refractivity contribution in [1.82, 2.24) is 9.97 Å². The lowest BCUT2D eigenvalue weighted by Crippen LogP contribution is -2.13. The number of hydrogen-bond donors (Lipinski definition) is 4. The van der Waals surface area contributed by atoms with Crippen LogP contribution in [0.1, 0.15) is 19.8 Å². The number of hydrogen-bond acceptors (Lipinski definition) is 6. The summed E-state index contributed by atoms with van der Waals surface area (Å²) in [6, 6.07) is 7.75. The molecule has 0 fully saturated rings. The normalized spacial score (nSPS) is 12.4. The van der Waals surface area contributed by atoms with Crippen molar-refractivity contribution in [2.45, 2.75) is 25.9 Å². The maximum Gasteiger partial charge on any atom is 0.239 e. The maximum atomic E-state index is 9.22. The summed E-state index contributed by atoms with van der Waals surface area (Å²) in [5, 5.41) is 13.4. The highest BCUT2D eigenvalue weighted by molar-refractivity contribution is 5.89. The van der Waals surface area contributed by atoms with Gasteiger partial charge in [0, 0.05) is 11.9 Å². The fourth-order valence-corrected chi connectivity index (χ4v) is 1.88. The van der Waals surface area contributed by atoms with Gasteiger partial charge in [-0.3, -0.25) is 5.43 Å². The van der Waals surface area contributed by atoms with Crippen LogP contribution in [-0.2, 0) is 0 Å². The molecule has 0 saturated heterocycles. The van der Waals surface area contributed by atoms with Gasteiger partial charge in [-0.25, -0.2) is 10.8 Å². The minimum atomic E-state index is -0.273. The first-order valence-electron chi connectivity index (χ1n) is 6.36. The van der Waals surface area contributed by atoms with Gasteiger partial charge in [0.25, 0.3) is 0 Å². The molecule has 6 nitrogen and oxygen atoms in total. The summed E-state index contributed by atoms with van der Waals surface area (Å²) < 4.78 is 0. The summed E-state index contributed by atoms with van der Waals surface area (Å²) in [5.74, 6) is 6.51. The number of nitrogens with one attached hydrogen (secondary N) is 2. The first kappa shape index (κ1) is 13.5. The molecule has 0 amide bonds. The summed E-state index contributed by atoms with van der Waals surface area (Å²) in [4.78, 5) is 8.60. The van der Waals surface area contributed by atoms with Crippen LogP contribution in [-0.4, -0.2) is 27.7 Å². The molecule has 1 heterocycles. The molecule has 2 rings (SSSR count). The van der Waals surface area contributed by atoms with Gasteiger partial charge in [0.1, 0.15) is 5.82 Å². The highest BCUT2D eigenvalue weighted by Gasteiger charge is 2.06. The summed E-state index contributed by atoms with van der Waals surface area (Å²) in [6.07, 6.45) is 1.37. The van der Waals surface area contributed by atoms with Crippen molar-refractivity contribution in [3.8, 4) is 0 Å². The number of rotatable bonds is 6. The van der Waals surface area contributed by atoms with Gasteiger partial charge in [-0.05, 0) is 31.9 Å². The monoisotopic (exact) mass is 261 g/mol. The summed E-state index contributed by atoms with van der Waals surface area (Å²) in [5.41, 5.74) is 3.30. The number of fused-ring (bicyclic) bond motifs is 1. The number of nitrogen functional groups attached to an aromatic ring is 1. The Hall–Kier alpha value is -1.92. The summed E-state index contributed by atoms with van der Waals surface area (Å²) >= 11 is 0. The van der Waals surface area contributed by atoms with E-state index >= 15 is 0 Å². The van der Waals surface area contributed by atoms with Crippen LogP contribution in [0.25, 0.3) is 10.9 Å². The second-order valence-electron chi connectivity index (χ2n) is 4.48. The Balaban J connectivity index is 2.16. The van der Waals surface area contributed by atoms with Crippen molar-refractivity contribution in [2.24, 2.45) is 5.84 Å². The first-order valence-corrected chi connectivity index (χ1v) is 6.36. The molecule has 1 unspecified atom stereocenters. The van der Waals surface area contributed by atoms with Crippen LogP contribution >= 0.6 is 0 Å². The molecule has 0 saturated carbocycles. The molecule has 102 valence electrons. The summed E-state index contributed by atoms with van der Waals surface area (Å²) in [7, 11) is 0. The summed E-state index contributed by atoms with van der Waals surface area (Å²) in [6.45, 7) is 2.53. The average Bonchev–Trinajstić information content (AvgIpc) is 2.42. The van der Waals surface area contributed by atoms with Crippen LogP contribution in [0, 0.1) is 0 Å². The smallest absolute Gasteiger partial charge is 0.239 e. The highest BCUT2D eigenvalue weighted by atomic mass is 16.3. The van der Waals surface area contributed by atoms with Crippen molar-refractivity contribution in [3.05, 3.63) is 24.3 Å². The molecule has 1 aromatic carbocycles. The topological polar surface area (TPSA) is 96.1 Å². The van der Waals surface area contributed by atoms with E-state index in [1.54, 1.807) is 6.92 Å². The number of nitrogens with zero attached hydrogens (tertiary/aromatic N) is 2. The SMILES string of the molecule is CC(O)CCCNc1nc(NN)nc2ccccc12. The lowest BCUT2D eigenvalue weighted by atomic mass is 10.2. The second kappa shape index (κ2) is 6.31. The Labute approximate surface area is 112 Å². The van der Waals surface area contributed by atoms with Gasteiger partial charge in [-0.15, -0.1) is 0 Å². The lowest BCUT2D eigenvalue weighted by molar-refractivity contribution is 0.183. The van der Waals surface area contributed by atoms with E-state index in [0.29, 0.717) is 5.95 Å². The van der Waals surface area contributed by atoms with E-state index in [-0.39, 0.29) is 6.10 Å². The molecule has 1 atom stereocenters. The molecule has 0 bridgehead atoms. The molecule has 6 heteroatoms. The van der Waals surface area contributed by atoms with Gasteiger partial charge >= 0.3 is 0 Å². The highest BCUT2D eigenvalue weighted by Crippen LogP contribution is 2.21. The van der Waals surface area contributed by atoms with E-state index < -0.39 is 0 Å². The van der Waals surface area contributed by atoms with E-state index in [4.69, 9.17) is 5.84 Å². The quantitative estimate of drug-likeness (QED) is 0.357. The van der Waals surface area contributed by atoms with Crippen molar-refractivity contribution >= 4 is 22.7 Å². The second-order valence-corrected chi connectivity index (χ2v) is 4.48. The molecule has 0 aliphatic heterocycles. The third kappa shape index (κ3) is 3.52. The van der Waals surface area contributed by atoms with E-state index in [1.807, 2.05) is 24.3 Å². The Morgan fingerprint density at radius 1 is 1.32 bits per heavy atom. The minimum absolute atomic E-state index is 0.273. The Bertz CT molecular complexity index is 544. The third-order valence-corrected chi connectivity index (χ3v) is 2.82. The van der Waals surface area contributed by atoms with Gasteiger partial charge in [-0.1, -0.05) is 12.1 Å². The number of para-hydroxylation sites is 1.